The van der Waals surface area contributed by atoms with Crippen molar-refractivity contribution in [1.82, 2.24) is 5.32 Å². The van der Waals surface area contributed by atoms with Gasteiger partial charge < -0.3 is 0 Å². The molecule has 4 heteroatoms. The predicted octanol–water partition coefficient (Wildman–Crippen LogP) is 3.88. The van der Waals surface area contributed by atoms with E-state index in [0.29, 0.717) is 6.04 Å². The van der Waals surface area contributed by atoms with Crippen LogP contribution in [0.5, 0.6) is 0 Å². The van der Waals surface area contributed by atoms with Crippen LogP contribution in [0.2, 0.25) is 0 Å². The first-order chi connectivity index (χ1) is 7.51. The van der Waals surface area contributed by atoms with Crippen LogP contribution in [0.1, 0.15) is 25.8 Å². The van der Waals surface area contributed by atoms with E-state index in [0.717, 1.165) is 22.2 Å². The number of hydrogen-bond acceptors (Lipinski definition) is 2. The Bertz CT molecular complexity index is 399. The van der Waals surface area contributed by atoms with Gasteiger partial charge in [-0.1, -0.05) is 15.9 Å². The van der Waals surface area contributed by atoms with Crippen LogP contribution in [0.4, 0.5) is 4.39 Å². The SMILES string of the molecule is CC1CCSC(C)(c2cc(Br)ccc2F)N1. The van der Waals surface area contributed by atoms with Gasteiger partial charge in [-0.2, -0.15) is 0 Å². The summed E-state index contributed by atoms with van der Waals surface area (Å²) in [5, 5.41) is 3.48. The fourth-order valence-corrected chi connectivity index (χ4v) is 3.88. The zero-order valence-corrected chi connectivity index (χ0v) is 11.8. The van der Waals surface area contributed by atoms with Gasteiger partial charge in [-0.15, -0.1) is 11.8 Å². The highest BCUT2D eigenvalue weighted by atomic mass is 79.9. The minimum Gasteiger partial charge on any atom is -0.297 e. The lowest BCUT2D eigenvalue weighted by Gasteiger charge is -2.38. The first kappa shape index (κ1) is 12.4. The predicted molar refractivity (Wildman–Crippen MR) is 71.1 cm³/mol. The second kappa shape index (κ2) is 4.67. The van der Waals surface area contributed by atoms with E-state index in [2.05, 4.69) is 35.1 Å². The van der Waals surface area contributed by atoms with Crippen molar-refractivity contribution in [3.8, 4) is 0 Å². The van der Waals surface area contributed by atoms with Crippen LogP contribution < -0.4 is 5.32 Å². The smallest absolute Gasteiger partial charge is 0.129 e. The molecule has 0 aromatic heterocycles. The third-order valence-corrected chi connectivity index (χ3v) is 4.75. The van der Waals surface area contributed by atoms with Crippen molar-refractivity contribution in [1.29, 1.82) is 0 Å². The topological polar surface area (TPSA) is 12.0 Å². The summed E-state index contributed by atoms with van der Waals surface area (Å²) in [7, 11) is 0. The molecule has 0 saturated carbocycles. The number of thioether (sulfide) groups is 1. The van der Waals surface area contributed by atoms with E-state index in [4.69, 9.17) is 0 Å². The summed E-state index contributed by atoms with van der Waals surface area (Å²) in [4.78, 5) is -0.314. The summed E-state index contributed by atoms with van der Waals surface area (Å²) >= 11 is 5.17. The lowest BCUT2D eigenvalue weighted by atomic mass is 10.1. The number of nitrogens with one attached hydrogen (secondary N) is 1. The van der Waals surface area contributed by atoms with Crippen LogP contribution in [0.3, 0.4) is 0 Å². The molecular formula is C12H15BrFNS. The average molecular weight is 304 g/mol. The fraction of sp³-hybridized carbons (Fsp3) is 0.500. The minimum absolute atomic E-state index is 0.139. The number of hydrogen-bond donors (Lipinski definition) is 1. The summed E-state index contributed by atoms with van der Waals surface area (Å²) in [5.41, 5.74) is 0.735. The van der Waals surface area contributed by atoms with Gasteiger partial charge in [-0.3, -0.25) is 5.32 Å². The Balaban J connectivity index is 2.37. The molecule has 1 aliphatic rings. The standard InChI is InChI=1S/C12H15BrFNS/c1-8-5-6-16-12(2,15-8)10-7-9(13)3-4-11(10)14/h3-4,7-8,15H,5-6H2,1-2H3. The highest BCUT2D eigenvalue weighted by Crippen LogP contribution is 2.39. The molecule has 1 saturated heterocycles. The normalized spacial score (nSPS) is 30.4. The largest absolute Gasteiger partial charge is 0.297 e. The number of halogens is 2. The molecule has 0 spiro atoms. The number of rotatable bonds is 1. The summed E-state index contributed by atoms with van der Waals surface area (Å²) in [6, 6.07) is 5.56. The van der Waals surface area contributed by atoms with Crippen LogP contribution in [0, 0.1) is 5.82 Å². The highest BCUT2D eigenvalue weighted by Gasteiger charge is 2.34. The monoisotopic (exact) mass is 303 g/mol. The van der Waals surface area contributed by atoms with Crippen LogP contribution in [-0.4, -0.2) is 11.8 Å². The van der Waals surface area contributed by atoms with Crippen molar-refractivity contribution in [2.75, 3.05) is 5.75 Å². The minimum atomic E-state index is -0.314. The summed E-state index contributed by atoms with van der Waals surface area (Å²) in [5.74, 6) is 0.927. The van der Waals surface area contributed by atoms with Gasteiger partial charge in [0, 0.05) is 16.1 Å². The third-order valence-electron chi connectivity index (χ3n) is 2.91. The fourth-order valence-electron chi connectivity index (χ4n) is 2.04. The zero-order valence-electron chi connectivity index (χ0n) is 9.39. The van der Waals surface area contributed by atoms with Crippen molar-refractivity contribution in [2.45, 2.75) is 31.2 Å². The van der Waals surface area contributed by atoms with Gasteiger partial charge >= 0.3 is 0 Å². The van der Waals surface area contributed by atoms with Crippen molar-refractivity contribution in [3.05, 3.63) is 34.1 Å². The molecule has 88 valence electrons. The molecule has 0 amide bonds. The highest BCUT2D eigenvalue weighted by molar-refractivity contribution is 9.10. The van der Waals surface area contributed by atoms with E-state index in [-0.39, 0.29) is 10.7 Å². The van der Waals surface area contributed by atoms with Gasteiger partial charge in [0.2, 0.25) is 0 Å². The molecular weight excluding hydrogens is 289 g/mol. The second-order valence-electron chi connectivity index (χ2n) is 4.34. The molecule has 1 aliphatic heterocycles. The molecule has 0 bridgehead atoms. The average Bonchev–Trinajstić information content (AvgIpc) is 2.21. The Labute approximate surface area is 108 Å². The molecule has 1 aromatic rings. The van der Waals surface area contributed by atoms with E-state index in [1.807, 2.05) is 6.07 Å². The maximum absolute atomic E-state index is 13.9. The Morgan fingerprint density at radius 1 is 1.56 bits per heavy atom. The third kappa shape index (κ3) is 2.44. The molecule has 1 heterocycles. The first-order valence-electron chi connectivity index (χ1n) is 5.38. The number of benzene rings is 1. The van der Waals surface area contributed by atoms with E-state index in [1.165, 1.54) is 6.07 Å². The van der Waals surface area contributed by atoms with Crippen molar-refractivity contribution in [2.24, 2.45) is 0 Å². The van der Waals surface area contributed by atoms with Gasteiger partial charge in [0.25, 0.3) is 0 Å². The molecule has 2 rings (SSSR count). The molecule has 1 fully saturated rings. The molecule has 2 unspecified atom stereocenters. The maximum atomic E-state index is 13.9. The molecule has 0 radical (unpaired) electrons. The van der Waals surface area contributed by atoms with Crippen molar-refractivity contribution < 1.29 is 4.39 Å². The summed E-state index contributed by atoms with van der Waals surface area (Å²) in [6.45, 7) is 4.20. The van der Waals surface area contributed by atoms with Gasteiger partial charge in [0.1, 0.15) is 5.82 Å². The Kier molecular flexibility index (Phi) is 3.62. The van der Waals surface area contributed by atoms with Crippen LogP contribution >= 0.6 is 27.7 Å². The Morgan fingerprint density at radius 3 is 3.00 bits per heavy atom. The van der Waals surface area contributed by atoms with Gasteiger partial charge in [-0.05, 0) is 44.2 Å². The molecule has 1 nitrogen and oxygen atoms in total. The van der Waals surface area contributed by atoms with Crippen LogP contribution in [-0.2, 0) is 4.87 Å². The quantitative estimate of drug-likeness (QED) is 0.845. The summed E-state index contributed by atoms with van der Waals surface area (Å²) < 4.78 is 14.8. The molecule has 1 N–H and O–H groups in total. The Morgan fingerprint density at radius 2 is 2.31 bits per heavy atom. The lowest BCUT2D eigenvalue weighted by Crippen LogP contribution is -2.46. The van der Waals surface area contributed by atoms with Gasteiger partial charge in [0.15, 0.2) is 0 Å². The molecule has 2 atom stereocenters. The van der Waals surface area contributed by atoms with E-state index in [9.17, 15) is 4.39 Å². The maximum Gasteiger partial charge on any atom is 0.129 e. The molecule has 16 heavy (non-hydrogen) atoms. The van der Waals surface area contributed by atoms with E-state index < -0.39 is 0 Å². The van der Waals surface area contributed by atoms with Crippen molar-refractivity contribution in [3.63, 3.8) is 0 Å². The van der Waals surface area contributed by atoms with E-state index in [1.54, 1.807) is 17.8 Å². The second-order valence-corrected chi connectivity index (χ2v) is 6.77. The van der Waals surface area contributed by atoms with Gasteiger partial charge in [-0.25, -0.2) is 4.39 Å². The Hall–Kier alpha value is -0.0600. The van der Waals surface area contributed by atoms with Crippen LogP contribution in [0.15, 0.2) is 22.7 Å². The summed E-state index contributed by atoms with van der Waals surface area (Å²) in [6.07, 6.45) is 1.13. The van der Waals surface area contributed by atoms with Gasteiger partial charge in [0.05, 0.1) is 4.87 Å². The first-order valence-corrected chi connectivity index (χ1v) is 7.16. The van der Waals surface area contributed by atoms with Crippen LogP contribution in [0.25, 0.3) is 0 Å². The molecule has 1 aromatic carbocycles. The zero-order chi connectivity index (χ0) is 11.8. The molecule has 0 aliphatic carbocycles. The van der Waals surface area contributed by atoms with Crippen molar-refractivity contribution >= 4 is 27.7 Å². The van der Waals surface area contributed by atoms with E-state index >= 15 is 0 Å². The lowest BCUT2D eigenvalue weighted by molar-refractivity contribution is 0.406.